The Hall–Kier alpha value is -3.14. The first-order valence-corrected chi connectivity index (χ1v) is 11.5. The molecule has 1 N–H and O–H groups in total. The van der Waals surface area contributed by atoms with Crippen molar-refractivity contribution in [3.63, 3.8) is 0 Å². The zero-order chi connectivity index (χ0) is 22.7. The van der Waals surface area contributed by atoms with Gasteiger partial charge in [-0.05, 0) is 64.9 Å². The van der Waals surface area contributed by atoms with Gasteiger partial charge in [0, 0.05) is 27.4 Å². The lowest BCUT2D eigenvalue weighted by Gasteiger charge is -2.38. The fraction of sp³-hybridized carbons (Fsp3) is 0.304. The maximum atomic E-state index is 13.2. The second-order valence-corrected chi connectivity index (χ2v) is 9.62. The molecule has 3 aromatic rings. The molecule has 6 nitrogen and oxygen atoms in total. The van der Waals surface area contributed by atoms with Crippen LogP contribution in [0.2, 0.25) is 0 Å². The minimum absolute atomic E-state index is 0.412. The van der Waals surface area contributed by atoms with E-state index in [0.29, 0.717) is 31.5 Å². The lowest BCUT2D eigenvalue weighted by molar-refractivity contribution is -0.189. The molecule has 0 radical (unpaired) electrons. The fourth-order valence-electron chi connectivity index (χ4n) is 5.34. The molecule has 2 bridgehead atoms. The van der Waals surface area contributed by atoms with Crippen LogP contribution in [0, 0.1) is 0 Å². The smallest absolute Gasteiger partial charge is 0.328 e. The highest BCUT2D eigenvalue weighted by atomic mass is 32.2. The first kappa shape index (κ1) is 20.5. The average Bonchev–Trinajstić information content (AvgIpc) is 3.42. The zero-order valence-electron chi connectivity index (χ0n) is 17.3. The molecule has 6 rings (SSSR count). The van der Waals surface area contributed by atoms with E-state index in [0.717, 1.165) is 42.5 Å². The van der Waals surface area contributed by atoms with Gasteiger partial charge in [0.1, 0.15) is 0 Å². The molecule has 3 aliphatic heterocycles. The fourth-order valence-corrected chi connectivity index (χ4v) is 6.47. The molecule has 168 valence electrons. The molecule has 0 aliphatic carbocycles. The normalized spacial score (nSPS) is 23.9. The standard InChI is InChI=1S/C23H18F3N5OS/c24-23(25,26)22(32)31-14-6-7-15(31)10-13(9-14)20-16-3-1-2-4-18(16)33-19-11-12(5-8-17(19)20)21-27-29-30-28-21/h1-5,8,11,14-15H,6-7,9-10H2,(H,27,28,29,30)/b20-13-/t14-,15+/m1/s1. The number of benzene rings is 2. The van der Waals surface area contributed by atoms with E-state index >= 15 is 0 Å². The quantitative estimate of drug-likeness (QED) is 0.432. The van der Waals surface area contributed by atoms with Crippen molar-refractivity contribution in [2.75, 3.05) is 0 Å². The monoisotopic (exact) mass is 469 g/mol. The number of carbonyl (C=O) groups is 1. The first-order chi connectivity index (χ1) is 15.9. The summed E-state index contributed by atoms with van der Waals surface area (Å²) in [5.74, 6) is -1.13. The minimum atomic E-state index is -4.84. The van der Waals surface area contributed by atoms with Crippen molar-refractivity contribution in [2.45, 2.75) is 53.7 Å². The Kier molecular flexibility index (Phi) is 4.62. The van der Waals surface area contributed by atoms with Crippen molar-refractivity contribution in [1.82, 2.24) is 25.5 Å². The molecule has 3 aliphatic rings. The number of fused-ring (bicyclic) bond motifs is 4. The molecule has 10 heteroatoms. The van der Waals surface area contributed by atoms with E-state index in [1.807, 2.05) is 30.3 Å². The Morgan fingerprint density at radius 3 is 2.45 bits per heavy atom. The maximum Gasteiger partial charge on any atom is 0.471 e. The average molecular weight is 469 g/mol. The van der Waals surface area contributed by atoms with E-state index in [4.69, 9.17) is 0 Å². The Bertz CT molecular complexity index is 1270. The summed E-state index contributed by atoms with van der Waals surface area (Å²) in [5, 5.41) is 14.1. The molecule has 1 amide bonds. The summed E-state index contributed by atoms with van der Waals surface area (Å²) < 4.78 is 39.6. The molecule has 0 saturated carbocycles. The summed E-state index contributed by atoms with van der Waals surface area (Å²) in [7, 11) is 0. The number of hydrogen-bond acceptors (Lipinski definition) is 5. The van der Waals surface area contributed by atoms with Crippen LogP contribution in [0.3, 0.4) is 0 Å². The van der Waals surface area contributed by atoms with E-state index < -0.39 is 24.2 Å². The van der Waals surface area contributed by atoms with Crippen molar-refractivity contribution in [1.29, 1.82) is 0 Å². The lowest BCUT2D eigenvalue weighted by atomic mass is 9.85. The molecule has 2 fully saturated rings. The van der Waals surface area contributed by atoms with Gasteiger partial charge in [-0.3, -0.25) is 4.79 Å². The van der Waals surface area contributed by atoms with E-state index in [1.165, 1.54) is 0 Å². The first-order valence-electron chi connectivity index (χ1n) is 10.7. The van der Waals surface area contributed by atoms with E-state index in [-0.39, 0.29) is 0 Å². The Morgan fingerprint density at radius 2 is 1.76 bits per heavy atom. The Labute approximate surface area is 191 Å². The van der Waals surface area contributed by atoms with Crippen LogP contribution in [0.15, 0.2) is 57.8 Å². The van der Waals surface area contributed by atoms with E-state index in [9.17, 15) is 18.0 Å². The van der Waals surface area contributed by atoms with Gasteiger partial charge >= 0.3 is 12.1 Å². The predicted octanol–water partition coefficient (Wildman–Crippen LogP) is 4.85. The third kappa shape index (κ3) is 3.35. The van der Waals surface area contributed by atoms with Gasteiger partial charge in [-0.2, -0.15) is 13.2 Å². The number of piperidine rings is 1. The molecular weight excluding hydrogens is 451 g/mol. The number of amides is 1. The topological polar surface area (TPSA) is 74.8 Å². The molecule has 33 heavy (non-hydrogen) atoms. The van der Waals surface area contributed by atoms with Gasteiger partial charge in [-0.1, -0.05) is 47.7 Å². The van der Waals surface area contributed by atoms with Crippen molar-refractivity contribution in [3.8, 4) is 11.4 Å². The SMILES string of the molecule is O=C(N1[C@@H]2CC[C@H]1C/C(=C1/c3ccccc3Sc3cc(-c4nnn[nH]4)ccc31)C2)C(F)(F)F. The highest BCUT2D eigenvalue weighted by Gasteiger charge is 2.51. The Balaban J connectivity index is 1.45. The van der Waals surface area contributed by atoms with Crippen LogP contribution in [0.4, 0.5) is 13.2 Å². The highest BCUT2D eigenvalue weighted by Crippen LogP contribution is 2.51. The number of H-pyrrole nitrogens is 1. The van der Waals surface area contributed by atoms with Crippen molar-refractivity contribution in [3.05, 3.63) is 59.2 Å². The summed E-state index contributed by atoms with van der Waals surface area (Å²) in [6.45, 7) is 0. The molecule has 2 saturated heterocycles. The number of alkyl halides is 3. The van der Waals surface area contributed by atoms with Crippen LogP contribution in [-0.4, -0.2) is 49.7 Å². The lowest BCUT2D eigenvalue weighted by Crippen LogP contribution is -2.50. The molecule has 0 spiro atoms. The summed E-state index contributed by atoms with van der Waals surface area (Å²) >= 11 is 1.66. The molecule has 1 aromatic heterocycles. The number of nitrogens with one attached hydrogen (secondary N) is 1. The highest BCUT2D eigenvalue weighted by molar-refractivity contribution is 7.99. The second kappa shape index (κ2) is 7.44. The summed E-state index contributed by atoms with van der Waals surface area (Å²) in [5.41, 5.74) is 5.21. The van der Waals surface area contributed by atoms with Gasteiger partial charge < -0.3 is 4.90 Å². The van der Waals surface area contributed by atoms with Crippen molar-refractivity contribution in [2.24, 2.45) is 0 Å². The van der Waals surface area contributed by atoms with Gasteiger partial charge in [0.15, 0.2) is 5.82 Å². The summed E-state index contributed by atoms with van der Waals surface area (Å²) in [6.07, 6.45) is -2.72. The number of carbonyl (C=O) groups excluding carboxylic acids is 1. The van der Waals surface area contributed by atoms with Crippen LogP contribution in [0.1, 0.15) is 36.8 Å². The number of aromatic nitrogens is 4. The number of nitrogens with zero attached hydrogens (tertiary/aromatic N) is 4. The predicted molar refractivity (Wildman–Crippen MR) is 115 cm³/mol. The van der Waals surface area contributed by atoms with Crippen LogP contribution in [0.25, 0.3) is 17.0 Å². The zero-order valence-corrected chi connectivity index (χ0v) is 18.1. The summed E-state index contributed by atoms with van der Waals surface area (Å²) in [6, 6.07) is 13.3. The number of hydrogen-bond donors (Lipinski definition) is 1. The largest absolute Gasteiger partial charge is 0.471 e. The minimum Gasteiger partial charge on any atom is -0.328 e. The third-order valence-electron chi connectivity index (χ3n) is 6.66. The molecular formula is C23H18F3N5OS. The summed E-state index contributed by atoms with van der Waals surface area (Å²) in [4.78, 5) is 15.3. The van der Waals surface area contributed by atoms with E-state index in [1.54, 1.807) is 11.8 Å². The van der Waals surface area contributed by atoms with Crippen LogP contribution >= 0.6 is 11.8 Å². The van der Waals surface area contributed by atoms with Crippen LogP contribution in [-0.2, 0) is 4.79 Å². The van der Waals surface area contributed by atoms with Crippen LogP contribution < -0.4 is 0 Å². The second-order valence-electron chi connectivity index (χ2n) is 8.54. The van der Waals surface area contributed by atoms with Gasteiger partial charge in [0.25, 0.3) is 0 Å². The van der Waals surface area contributed by atoms with Gasteiger partial charge in [-0.15, -0.1) is 5.10 Å². The van der Waals surface area contributed by atoms with Gasteiger partial charge in [0.2, 0.25) is 0 Å². The number of aromatic amines is 1. The molecule has 4 heterocycles. The molecule has 2 atom stereocenters. The number of rotatable bonds is 1. The Morgan fingerprint density at radius 1 is 1.03 bits per heavy atom. The number of tetrazole rings is 1. The van der Waals surface area contributed by atoms with Crippen LogP contribution in [0.5, 0.6) is 0 Å². The van der Waals surface area contributed by atoms with E-state index in [2.05, 4.69) is 32.8 Å². The molecule has 2 aromatic carbocycles. The van der Waals surface area contributed by atoms with Gasteiger partial charge in [-0.25, -0.2) is 5.10 Å². The maximum absolute atomic E-state index is 13.2. The van der Waals surface area contributed by atoms with Gasteiger partial charge in [0.05, 0.1) is 0 Å². The molecule has 0 unspecified atom stereocenters. The number of halogens is 3. The third-order valence-corrected chi connectivity index (χ3v) is 7.79. The van der Waals surface area contributed by atoms with Crippen molar-refractivity contribution < 1.29 is 18.0 Å². The van der Waals surface area contributed by atoms with Crippen molar-refractivity contribution >= 4 is 23.2 Å².